The Morgan fingerprint density at radius 3 is 2.82 bits per heavy atom. The summed E-state index contributed by atoms with van der Waals surface area (Å²) in [4.78, 5) is 13.3. The zero-order valence-corrected chi connectivity index (χ0v) is 11.9. The first-order valence-corrected chi connectivity index (χ1v) is 6.77. The standard InChI is InChI=1S/C11H10BrCl2NO2/c12-8-2-7(14)3-9(11(8)17)15-5-6(4-13)1-10(15)16/h2-3,6,17H,1,4-5H2. The number of hydrogen-bond donors (Lipinski definition) is 1. The summed E-state index contributed by atoms with van der Waals surface area (Å²) in [7, 11) is 0. The Labute approximate surface area is 117 Å². The maximum absolute atomic E-state index is 11.8. The topological polar surface area (TPSA) is 40.5 Å². The first-order valence-electron chi connectivity index (χ1n) is 5.07. The van der Waals surface area contributed by atoms with E-state index in [-0.39, 0.29) is 17.6 Å². The second-order valence-corrected chi connectivity index (χ2v) is 5.58. The molecular weight excluding hydrogens is 329 g/mol. The molecule has 0 aromatic heterocycles. The predicted molar refractivity (Wildman–Crippen MR) is 72.0 cm³/mol. The molecule has 1 heterocycles. The van der Waals surface area contributed by atoms with E-state index >= 15 is 0 Å². The molecule has 92 valence electrons. The monoisotopic (exact) mass is 337 g/mol. The lowest BCUT2D eigenvalue weighted by atomic mass is 10.1. The van der Waals surface area contributed by atoms with Crippen LogP contribution in [0.4, 0.5) is 5.69 Å². The molecule has 1 N–H and O–H groups in total. The van der Waals surface area contributed by atoms with Gasteiger partial charge in [-0.1, -0.05) is 11.6 Å². The molecule has 6 heteroatoms. The average molecular weight is 339 g/mol. The first-order chi connectivity index (χ1) is 8.02. The molecule has 1 fully saturated rings. The third kappa shape index (κ3) is 2.54. The van der Waals surface area contributed by atoms with Crippen LogP contribution in [0.2, 0.25) is 5.02 Å². The number of nitrogens with zero attached hydrogens (tertiary/aromatic N) is 1. The highest BCUT2D eigenvalue weighted by molar-refractivity contribution is 9.10. The Hall–Kier alpha value is -0.450. The number of hydrogen-bond acceptors (Lipinski definition) is 2. The van der Waals surface area contributed by atoms with E-state index in [0.717, 1.165) is 0 Å². The summed E-state index contributed by atoms with van der Waals surface area (Å²) in [5.74, 6) is 0.546. The highest BCUT2D eigenvalue weighted by atomic mass is 79.9. The lowest BCUT2D eigenvalue weighted by Crippen LogP contribution is -2.24. The molecule has 1 aliphatic rings. The summed E-state index contributed by atoms with van der Waals surface area (Å²) >= 11 is 14.9. The minimum Gasteiger partial charge on any atom is -0.505 e. The van der Waals surface area contributed by atoms with E-state index in [2.05, 4.69) is 15.9 Å². The minimum absolute atomic E-state index is 0.0259. The van der Waals surface area contributed by atoms with Crippen LogP contribution in [-0.2, 0) is 4.79 Å². The van der Waals surface area contributed by atoms with Crippen LogP contribution >= 0.6 is 39.1 Å². The molecule has 1 atom stereocenters. The molecule has 1 saturated heterocycles. The second kappa shape index (κ2) is 5.04. The number of carbonyl (C=O) groups is 1. The quantitative estimate of drug-likeness (QED) is 0.839. The van der Waals surface area contributed by atoms with Gasteiger partial charge in [-0.05, 0) is 34.0 Å². The van der Waals surface area contributed by atoms with Crippen molar-refractivity contribution in [3.63, 3.8) is 0 Å². The van der Waals surface area contributed by atoms with E-state index in [1.54, 1.807) is 12.1 Å². The summed E-state index contributed by atoms with van der Waals surface area (Å²) in [6, 6.07) is 3.16. The Bertz CT molecular complexity index is 467. The highest BCUT2D eigenvalue weighted by Gasteiger charge is 2.32. The number of benzene rings is 1. The number of phenols is 1. The third-order valence-electron chi connectivity index (χ3n) is 2.72. The Kier molecular flexibility index (Phi) is 3.85. The van der Waals surface area contributed by atoms with Gasteiger partial charge in [0.05, 0.1) is 10.2 Å². The molecule has 1 aliphatic heterocycles. The van der Waals surface area contributed by atoms with Gasteiger partial charge in [-0.2, -0.15) is 0 Å². The van der Waals surface area contributed by atoms with E-state index in [1.165, 1.54) is 4.90 Å². The van der Waals surface area contributed by atoms with Crippen LogP contribution in [0.25, 0.3) is 0 Å². The summed E-state index contributed by atoms with van der Waals surface area (Å²) in [6.45, 7) is 0.517. The van der Waals surface area contributed by atoms with Crippen LogP contribution in [0.1, 0.15) is 6.42 Å². The number of anilines is 1. The minimum atomic E-state index is -0.0416. The number of amides is 1. The lowest BCUT2D eigenvalue weighted by molar-refractivity contribution is -0.117. The van der Waals surface area contributed by atoms with Crippen molar-refractivity contribution in [2.24, 2.45) is 5.92 Å². The number of alkyl halides is 1. The first kappa shape index (κ1) is 13.0. The molecule has 1 aromatic rings. The largest absolute Gasteiger partial charge is 0.505 e. The molecule has 0 bridgehead atoms. The highest BCUT2D eigenvalue weighted by Crippen LogP contribution is 2.40. The molecule has 1 aromatic carbocycles. The van der Waals surface area contributed by atoms with Gasteiger partial charge >= 0.3 is 0 Å². The molecule has 0 aliphatic carbocycles. The summed E-state index contributed by atoms with van der Waals surface area (Å²) in [5, 5.41) is 10.4. The molecule has 0 radical (unpaired) electrons. The van der Waals surface area contributed by atoms with Crippen molar-refractivity contribution >= 4 is 50.7 Å². The lowest BCUT2D eigenvalue weighted by Gasteiger charge is -2.18. The van der Waals surface area contributed by atoms with E-state index < -0.39 is 0 Å². The Balaban J connectivity index is 2.38. The molecule has 2 rings (SSSR count). The van der Waals surface area contributed by atoms with Crippen LogP contribution in [0.5, 0.6) is 5.75 Å². The van der Waals surface area contributed by atoms with Gasteiger partial charge in [0, 0.05) is 23.9 Å². The molecule has 1 unspecified atom stereocenters. The number of aromatic hydroxyl groups is 1. The predicted octanol–water partition coefficient (Wildman–Crippen LogP) is 3.40. The Morgan fingerprint density at radius 1 is 1.53 bits per heavy atom. The molecule has 1 amide bonds. The average Bonchev–Trinajstić information content (AvgIpc) is 2.65. The van der Waals surface area contributed by atoms with Crippen LogP contribution in [-0.4, -0.2) is 23.4 Å². The van der Waals surface area contributed by atoms with Crippen LogP contribution in [0.3, 0.4) is 0 Å². The number of rotatable bonds is 2. The maximum atomic E-state index is 11.8. The van der Waals surface area contributed by atoms with Gasteiger partial charge in [0.15, 0.2) is 5.75 Å². The van der Waals surface area contributed by atoms with E-state index in [9.17, 15) is 9.90 Å². The zero-order chi connectivity index (χ0) is 12.6. The maximum Gasteiger partial charge on any atom is 0.227 e. The van der Waals surface area contributed by atoms with Crippen LogP contribution in [0.15, 0.2) is 16.6 Å². The second-order valence-electron chi connectivity index (χ2n) is 3.98. The zero-order valence-electron chi connectivity index (χ0n) is 8.79. The SMILES string of the molecule is O=C1CC(CCl)CN1c1cc(Cl)cc(Br)c1O. The van der Waals surface area contributed by atoms with Crippen molar-refractivity contribution < 1.29 is 9.90 Å². The van der Waals surface area contributed by atoms with Gasteiger partial charge in [-0.25, -0.2) is 0 Å². The van der Waals surface area contributed by atoms with Crippen molar-refractivity contribution in [3.8, 4) is 5.75 Å². The van der Waals surface area contributed by atoms with Crippen molar-refractivity contribution in [1.29, 1.82) is 0 Å². The van der Waals surface area contributed by atoms with Crippen molar-refractivity contribution in [2.45, 2.75) is 6.42 Å². The smallest absolute Gasteiger partial charge is 0.227 e. The molecule has 17 heavy (non-hydrogen) atoms. The Morgan fingerprint density at radius 2 is 2.24 bits per heavy atom. The molecule has 0 spiro atoms. The fourth-order valence-corrected chi connectivity index (χ4v) is 2.88. The molecule has 0 saturated carbocycles. The van der Waals surface area contributed by atoms with Gasteiger partial charge in [0.1, 0.15) is 0 Å². The summed E-state index contributed by atoms with van der Waals surface area (Å²) in [5.41, 5.74) is 0.432. The third-order valence-corrected chi connectivity index (χ3v) is 3.98. The van der Waals surface area contributed by atoms with Crippen molar-refractivity contribution in [1.82, 2.24) is 0 Å². The number of phenolic OH excluding ortho intramolecular Hbond substituents is 1. The number of carbonyl (C=O) groups excluding carboxylic acids is 1. The van der Waals surface area contributed by atoms with Gasteiger partial charge in [-0.15, -0.1) is 11.6 Å². The van der Waals surface area contributed by atoms with E-state index in [0.29, 0.717) is 34.0 Å². The summed E-state index contributed by atoms with van der Waals surface area (Å²) in [6.07, 6.45) is 0.410. The van der Waals surface area contributed by atoms with Crippen molar-refractivity contribution in [2.75, 3.05) is 17.3 Å². The van der Waals surface area contributed by atoms with Gasteiger partial charge < -0.3 is 10.0 Å². The fourth-order valence-electron chi connectivity index (χ4n) is 1.88. The van der Waals surface area contributed by atoms with Gasteiger partial charge in [0.2, 0.25) is 5.91 Å². The van der Waals surface area contributed by atoms with Gasteiger partial charge in [-0.3, -0.25) is 4.79 Å². The van der Waals surface area contributed by atoms with E-state index in [1.807, 2.05) is 0 Å². The van der Waals surface area contributed by atoms with Crippen LogP contribution < -0.4 is 4.90 Å². The number of halogens is 3. The van der Waals surface area contributed by atoms with Crippen LogP contribution in [0, 0.1) is 5.92 Å². The normalized spacial score (nSPS) is 20.1. The van der Waals surface area contributed by atoms with Gasteiger partial charge in [0.25, 0.3) is 0 Å². The van der Waals surface area contributed by atoms with E-state index in [4.69, 9.17) is 23.2 Å². The fraction of sp³-hybridized carbons (Fsp3) is 0.364. The molecule has 3 nitrogen and oxygen atoms in total. The van der Waals surface area contributed by atoms with Crippen molar-refractivity contribution in [3.05, 3.63) is 21.6 Å². The molecular formula is C11H10BrCl2NO2. The summed E-state index contributed by atoms with van der Waals surface area (Å²) < 4.78 is 0.474.